The third-order valence-corrected chi connectivity index (χ3v) is 5.66. The van der Waals surface area contributed by atoms with E-state index < -0.39 is 11.6 Å². The number of benzene rings is 2. The van der Waals surface area contributed by atoms with Gasteiger partial charge in [0.15, 0.2) is 11.6 Å². The van der Waals surface area contributed by atoms with Crippen LogP contribution in [0.4, 0.5) is 8.78 Å². The smallest absolute Gasteiger partial charge is 0.254 e. The first-order valence-corrected chi connectivity index (χ1v) is 9.06. The number of hydrogen-bond acceptors (Lipinski definition) is 3. The highest BCUT2D eigenvalue weighted by Gasteiger charge is 2.31. The van der Waals surface area contributed by atoms with Gasteiger partial charge in [0.2, 0.25) is 0 Å². The summed E-state index contributed by atoms with van der Waals surface area (Å²) in [6.45, 7) is 0.596. The molecule has 2 aromatic carbocycles. The molecule has 1 aliphatic rings. The number of hydrogen-bond donors (Lipinski definition) is 0. The topological polar surface area (TPSA) is 33.2 Å². The van der Waals surface area contributed by atoms with Gasteiger partial charge in [-0.2, -0.15) is 0 Å². The maximum atomic E-state index is 13.5. The molecule has 1 amide bonds. The lowest BCUT2D eigenvalue weighted by atomic mass is 10.0. The molecule has 1 saturated heterocycles. The summed E-state index contributed by atoms with van der Waals surface area (Å²) >= 11 is 1.59. The summed E-state index contributed by atoms with van der Waals surface area (Å²) in [6, 6.07) is 11.1. The number of halogens is 2. The van der Waals surface area contributed by atoms with E-state index in [0.717, 1.165) is 46.6 Å². The van der Waals surface area contributed by atoms with E-state index >= 15 is 0 Å². The van der Waals surface area contributed by atoms with Crippen molar-refractivity contribution in [2.75, 3.05) is 6.54 Å². The minimum atomic E-state index is -1.00. The standard InChI is InChI=1S/C19H16F2N2OS/c20-13-9-8-12(11-14(13)21)19(24)23-10-4-3-6-16(23)18-22-15-5-1-2-7-17(15)25-18/h1-2,5,7-9,11,16H,3-4,6,10H2. The molecule has 0 aliphatic carbocycles. The van der Waals surface area contributed by atoms with Gasteiger partial charge < -0.3 is 4.90 Å². The number of carbonyl (C=O) groups excluding carboxylic acids is 1. The van der Waals surface area contributed by atoms with Crippen LogP contribution < -0.4 is 0 Å². The van der Waals surface area contributed by atoms with Gasteiger partial charge in [0.1, 0.15) is 5.01 Å². The molecular formula is C19H16F2N2OS. The van der Waals surface area contributed by atoms with Crippen LogP contribution in [0.25, 0.3) is 10.2 Å². The number of amides is 1. The Morgan fingerprint density at radius 1 is 1.12 bits per heavy atom. The Morgan fingerprint density at radius 3 is 2.76 bits per heavy atom. The predicted octanol–water partition coefficient (Wildman–Crippen LogP) is 4.94. The first-order chi connectivity index (χ1) is 12.1. The van der Waals surface area contributed by atoms with Crippen LogP contribution in [0.1, 0.15) is 40.7 Å². The molecule has 1 atom stereocenters. The molecule has 2 heterocycles. The minimum absolute atomic E-state index is 0.119. The van der Waals surface area contributed by atoms with Crippen molar-refractivity contribution in [2.24, 2.45) is 0 Å². The largest absolute Gasteiger partial charge is 0.329 e. The molecule has 1 aromatic heterocycles. The van der Waals surface area contributed by atoms with Crippen LogP contribution in [-0.2, 0) is 0 Å². The van der Waals surface area contributed by atoms with Crippen LogP contribution >= 0.6 is 11.3 Å². The fourth-order valence-corrected chi connectivity index (χ4v) is 4.37. The zero-order valence-electron chi connectivity index (χ0n) is 13.4. The van der Waals surface area contributed by atoms with E-state index in [1.807, 2.05) is 24.3 Å². The van der Waals surface area contributed by atoms with Crippen molar-refractivity contribution in [3.8, 4) is 0 Å². The molecule has 3 aromatic rings. The van der Waals surface area contributed by atoms with Crippen molar-refractivity contribution in [3.63, 3.8) is 0 Å². The molecular weight excluding hydrogens is 342 g/mol. The molecule has 0 spiro atoms. The van der Waals surface area contributed by atoms with Crippen LogP contribution in [0.15, 0.2) is 42.5 Å². The molecule has 0 radical (unpaired) electrons. The van der Waals surface area contributed by atoms with Gasteiger partial charge in [-0.05, 0) is 49.6 Å². The molecule has 0 saturated carbocycles. The van der Waals surface area contributed by atoms with Crippen molar-refractivity contribution >= 4 is 27.5 Å². The number of rotatable bonds is 2. The zero-order chi connectivity index (χ0) is 17.4. The van der Waals surface area contributed by atoms with Gasteiger partial charge in [0, 0.05) is 12.1 Å². The van der Waals surface area contributed by atoms with Crippen LogP contribution in [0.5, 0.6) is 0 Å². The molecule has 6 heteroatoms. The number of fused-ring (bicyclic) bond motifs is 1. The Kier molecular flexibility index (Phi) is 4.21. The van der Waals surface area contributed by atoms with E-state index in [1.54, 1.807) is 16.2 Å². The predicted molar refractivity (Wildman–Crippen MR) is 93.6 cm³/mol. The van der Waals surface area contributed by atoms with E-state index in [2.05, 4.69) is 4.98 Å². The van der Waals surface area contributed by atoms with Crippen molar-refractivity contribution in [1.29, 1.82) is 0 Å². The molecule has 0 bridgehead atoms. The number of aromatic nitrogens is 1. The summed E-state index contributed by atoms with van der Waals surface area (Å²) in [5, 5.41) is 0.900. The minimum Gasteiger partial charge on any atom is -0.329 e. The fraction of sp³-hybridized carbons (Fsp3) is 0.263. The van der Waals surface area contributed by atoms with Gasteiger partial charge in [-0.3, -0.25) is 4.79 Å². The molecule has 128 valence electrons. The van der Waals surface area contributed by atoms with Gasteiger partial charge in [-0.15, -0.1) is 11.3 Å². The van der Waals surface area contributed by atoms with Gasteiger partial charge >= 0.3 is 0 Å². The average molecular weight is 358 g/mol. The number of thiazole rings is 1. The second-order valence-electron chi connectivity index (χ2n) is 6.16. The third kappa shape index (κ3) is 3.02. The molecule has 4 rings (SSSR count). The summed E-state index contributed by atoms with van der Waals surface area (Å²) in [4.78, 5) is 19.3. The summed E-state index contributed by atoms with van der Waals surface area (Å²) in [5.74, 6) is -2.22. The first-order valence-electron chi connectivity index (χ1n) is 8.25. The highest BCUT2D eigenvalue weighted by Crippen LogP contribution is 2.36. The first kappa shape index (κ1) is 16.1. The van der Waals surface area contributed by atoms with Crippen molar-refractivity contribution < 1.29 is 13.6 Å². The van der Waals surface area contributed by atoms with E-state index in [-0.39, 0.29) is 17.5 Å². The van der Waals surface area contributed by atoms with Gasteiger partial charge in [-0.1, -0.05) is 12.1 Å². The molecule has 0 N–H and O–H groups in total. The third-order valence-electron chi connectivity index (χ3n) is 4.53. The molecule has 1 unspecified atom stereocenters. The van der Waals surface area contributed by atoms with Crippen LogP contribution in [0.2, 0.25) is 0 Å². The maximum Gasteiger partial charge on any atom is 0.254 e. The summed E-state index contributed by atoms with van der Waals surface area (Å²) in [5.41, 5.74) is 1.10. The lowest BCUT2D eigenvalue weighted by molar-refractivity contribution is 0.0611. The van der Waals surface area contributed by atoms with E-state index in [9.17, 15) is 13.6 Å². The van der Waals surface area contributed by atoms with Crippen LogP contribution in [-0.4, -0.2) is 22.3 Å². The quantitative estimate of drug-likeness (QED) is 0.650. The Morgan fingerprint density at radius 2 is 1.96 bits per heavy atom. The lowest BCUT2D eigenvalue weighted by Crippen LogP contribution is -2.38. The number of para-hydroxylation sites is 1. The Bertz CT molecular complexity index is 907. The van der Waals surface area contributed by atoms with Gasteiger partial charge in [-0.25, -0.2) is 13.8 Å². The fourth-order valence-electron chi connectivity index (χ4n) is 3.26. The van der Waals surface area contributed by atoms with Crippen molar-refractivity contribution in [3.05, 3.63) is 64.7 Å². The second-order valence-corrected chi connectivity index (χ2v) is 7.22. The van der Waals surface area contributed by atoms with Gasteiger partial charge in [0.25, 0.3) is 5.91 Å². The molecule has 3 nitrogen and oxygen atoms in total. The lowest BCUT2D eigenvalue weighted by Gasteiger charge is -2.34. The monoisotopic (exact) mass is 358 g/mol. The summed E-state index contributed by atoms with van der Waals surface area (Å²) in [7, 11) is 0. The number of piperidine rings is 1. The summed E-state index contributed by atoms with van der Waals surface area (Å²) < 4.78 is 27.8. The van der Waals surface area contributed by atoms with Crippen LogP contribution in [0, 0.1) is 11.6 Å². The molecule has 25 heavy (non-hydrogen) atoms. The number of carbonyl (C=O) groups is 1. The van der Waals surface area contributed by atoms with E-state index in [4.69, 9.17) is 0 Å². The number of nitrogens with zero attached hydrogens (tertiary/aromatic N) is 2. The van der Waals surface area contributed by atoms with E-state index in [0.29, 0.717) is 6.54 Å². The SMILES string of the molecule is O=C(c1ccc(F)c(F)c1)N1CCCCC1c1nc2ccccc2s1. The zero-order valence-corrected chi connectivity index (χ0v) is 14.2. The normalized spacial score (nSPS) is 17.8. The maximum absolute atomic E-state index is 13.5. The molecule has 1 aliphatic heterocycles. The average Bonchev–Trinajstić information content (AvgIpc) is 3.07. The number of likely N-dealkylation sites (tertiary alicyclic amines) is 1. The highest BCUT2D eigenvalue weighted by molar-refractivity contribution is 7.18. The summed E-state index contributed by atoms with van der Waals surface area (Å²) in [6.07, 6.45) is 2.74. The van der Waals surface area contributed by atoms with Crippen LogP contribution in [0.3, 0.4) is 0 Å². The van der Waals surface area contributed by atoms with Crippen molar-refractivity contribution in [1.82, 2.24) is 9.88 Å². The highest BCUT2D eigenvalue weighted by atomic mass is 32.1. The Hall–Kier alpha value is -2.34. The van der Waals surface area contributed by atoms with Crippen molar-refractivity contribution in [2.45, 2.75) is 25.3 Å². The second kappa shape index (κ2) is 6.52. The van der Waals surface area contributed by atoms with Gasteiger partial charge in [0.05, 0.1) is 16.3 Å². The Labute approximate surface area is 147 Å². The molecule has 1 fully saturated rings. The van der Waals surface area contributed by atoms with E-state index in [1.165, 1.54) is 6.07 Å². The Balaban J connectivity index is 1.68.